The van der Waals surface area contributed by atoms with E-state index in [0.29, 0.717) is 15.7 Å². The van der Waals surface area contributed by atoms with Gasteiger partial charge in [0, 0.05) is 12.4 Å². The highest BCUT2D eigenvalue weighted by molar-refractivity contribution is 7.99. The minimum Gasteiger partial charge on any atom is -0.295 e. The van der Waals surface area contributed by atoms with E-state index in [0.717, 1.165) is 0 Å². The minimum atomic E-state index is -0.372. The Morgan fingerprint density at radius 2 is 2.12 bits per heavy atom. The lowest BCUT2D eigenvalue weighted by Gasteiger charge is -2.08. The molecule has 0 bridgehead atoms. The third-order valence-electron chi connectivity index (χ3n) is 3.09. The lowest BCUT2D eigenvalue weighted by molar-refractivity contribution is -0.119. The number of carbonyl (C=O) groups excluding carboxylic acids is 2. The third-order valence-corrected chi connectivity index (χ3v) is 4.92. The zero-order valence-electron chi connectivity index (χ0n) is 12.8. The Bertz CT molecular complexity index is 880. The van der Waals surface area contributed by atoms with E-state index in [2.05, 4.69) is 15.8 Å². The predicted molar refractivity (Wildman–Crippen MR) is 94.2 cm³/mol. The van der Waals surface area contributed by atoms with Gasteiger partial charge in [0.25, 0.3) is 5.91 Å². The quantitative estimate of drug-likeness (QED) is 0.530. The van der Waals surface area contributed by atoms with Gasteiger partial charge in [0.2, 0.25) is 5.91 Å². The first-order chi connectivity index (χ1) is 12.1. The molecule has 9 heteroatoms. The lowest BCUT2D eigenvalue weighted by Crippen LogP contribution is -2.42. The molecule has 0 radical (unpaired) electrons. The minimum absolute atomic E-state index is 0.0526. The Morgan fingerprint density at radius 3 is 2.88 bits per heavy atom. The molecule has 2 N–H and O–H groups in total. The zero-order valence-corrected chi connectivity index (χ0v) is 14.4. The van der Waals surface area contributed by atoms with Crippen molar-refractivity contribution in [2.75, 3.05) is 5.75 Å². The number of rotatable bonds is 5. The highest BCUT2D eigenvalue weighted by Gasteiger charge is 2.11. The van der Waals surface area contributed by atoms with Crippen molar-refractivity contribution in [3.63, 3.8) is 0 Å². The van der Waals surface area contributed by atoms with Gasteiger partial charge in [-0.3, -0.25) is 25.0 Å². The summed E-state index contributed by atoms with van der Waals surface area (Å²) < 4.78 is 15.0. The Hall–Kier alpha value is -2.65. The van der Waals surface area contributed by atoms with Crippen molar-refractivity contribution in [2.24, 2.45) is 0 Å². The van der Waals surface area contributed by atoms with E-state index in [9.17, 15) is 14.0 Å². The molecule has 0 saturated heterocycles. The maximum atomic E-state index is 13.4. The topological polar surface area (TPSA) is 76.0 Å². The highest BCUT2D eigenvalue weighted by atomic mass is 32.2. The summed E-state index contributed by atoms with van der Waals surface area (Å²) in [6.45, 7) is 0. The normalized spacial score (nSPS) is 10.4. The van der Waals surface area contributed by atoms with Gasteiger partial charge in [0.1, 0.15) is 5.82 Å². The fourth-order valence-electron chi connectivity index (χ4n) is 1.98. The first-order valence-corrected chi connectivity index (χ1v) is 9.05. The van der Waals surface area contributed by atoms with Gasteiger partial charge in [-0.2, -0.15) is 0 Å². The Kier molecular flexibility index (Phi) is 5.46. The van der Waals surface area contributed by atoms with Crippen LogP contribution in [0.2, 0.25) is 0 Å². The number of thioether (sulfide) groups is 1. The molecule has 0 unspecified atom stereocenters. The van der Waals surface area contributed by atoms with E-state index in [4.69, 9.17) is 0 Å². The number of hydrazine groups is 1. The molecule has 0 fully saturated rings. The second-order valence-electron chi connectivity index (χ2n) is 4.83. The summed E-state index contributed by atoms with van der Waals surface area (Å²) in [5.41, 5.74) is 5.32. The molecular weight excluding hydrogens is 363 g/mol. The maximum absolute atomic E-state index is 13.4. The highest BCUT2D eigenvalue weighted by Crippen LogP contribution is 2.20. The van der Waals surface area contributed by atoms with Gasteiger partial charge < -0.3 is 0 Å². The van der Waals surface area contributed by atoms with Gasteiger partial charge in [-0.15, -0.1) is 11.3 Å². The van der Waals surface area contributed by atoms with Crippen molar-refractivity contribution >= 4 is 34.9 Å². The number of aromatic nitrogens is 2. The van der Waals surface area contributed by atoms with Crippen molar-refractivity contribution in [1.82, 2.24) is 20.4 Å². The van der Waals surface area contributed by atoms with Gasteiger partial charge >= 0.3 is 0 Å². The number of amides is 2. The van der Waals surface area contributed by atoms with Crippen LogP contribution in [-0.4, -0.2) is 27.1 Å². The molecule has 0 saturated carbocycles. The van der Waals surface area contributed by atoms with Crippen LogP contribution >= 0.6 is 23.1 Å². The summed E-state index contributed by atoms with van der Waals surface area (Å²) in [6.07, 6.45) is 3.26. The van der Waals surface area contributed by atoms with Crippen LogP contribution in [0.1, 0.15) is 9.67 Å². The van der Waals surface area contributed by atoms with Crippen LogP contribution in [0.5, 0.6) is 0 Å². The van der Waals surface area contributed by atoms with Crippen LogP contribution in [0.4, 0.5) is 4.39 Å². The van der Waals surface area contributed by atoms with Crippen molar-refractivity contribution in [3.05, 3.63) is 64.9 Å². The molecule has 2 amide bonds. The third kappa shape index (κ3) is 4.46. The molecule has 0 aliphatic rings. The molecule has 3 aromatic rings. The van der Waals surface area contributed by atoms with E-state index in [1.165, 1.54) is 35.2 Å². The predicted octanol–water partition coefficient (Wildman–Crippen LogP) is 2.63. The van der Waals surface area contributed by atoms with E-state index >= 15 is 0 Å². The van der Waals surface area contributed by atoms with Crippen LogP contribution in [0, 0.1) is 5.82 Å². The maximum Gasteiger partial charge on any atom is 0.279 e. The van der Waals surface area contributed by atoms with Gasteiger partial charge in [-0.1, -0.05) is 23.9 Å². The molecule has 0 atom stereocenters. The van der Waals surface area contributed by atoms with E-state index in [-0.39, 0.29) is 23.4 Å². The van der Waals surface area contributed by atoms with Gasteiger partial charge in [0.15, 0.2) is 5.16 Å². The number of hydrogen-bond acceptors (Lipinski definition) is 5. The molecule has 2 heterocycles. The van der Waals surface area contributed by atoms with Crippen LogP contribution in [0.25, 0.3) is 5.69 Å². The summed E-state index contributed by atoms with van der Waals surface area (Å²) in [5, 5.41) is 2.32. The zero-order chi connectivity index (χ0) is 17.6. The molecule has 25 heavy (non-hydrogen) atoms. The van der Waals surface area contributed by atoms with Crippen LogP contribution in [0.3, 0.4) is 0 Å². The number of halogens is 1. The van der Waals surface area contributed by atoms with Gasteiger partial charge in [-0.25, -0.2) is 9.37 Å². The van der Waals surface area contributed by atoms with E-state index in [1.807, 2.05) is 0 Å². The number of benzene rings is 1. The first-order valence-electron chi connectivity index (χ1n) is 7.18. The molecule has 3 rings (SSSR count). The molecule has 1 aromatic carbocycles. The summed E-state index contributed by atoms with van der Waals surface area (Å²) in [7, 11) is 0. The van der Waals surface area contributed by atoms with E-state index < -0.39 is 0 Å². The molecule has 6 nitrogen and oxygen atoms in total. The lowest BCUT2D eigenvalue weighted by atomic mass is 10.3. The molecule has 0 aliphatic carbocycles. The fourth-order valence-corrected chi connectivity index (χ4v) is 3.37. The number of imidazole rings is 1. The van der Waals surface area contributed by atoms with Crippen molar-refractivity contribution in [3.8, 4) is 5.69 Å². The average Bonchev–Trinajstić information content (AvgIpc) is 3.29. The molecule has 2 aromatic heterocycles. The average molecular weight is 376 g/mol. The molecule has 0 aliphatic heterocycles. The number of nitrogens with zero attached hydrogens (tertiary/aromatic N) is 2. The summed E-state index contributed by atoms with van der Waals surface area (Å²) in [6, 6.07) is 9.51. The van der Waals surface area contributed by atoms with Crippen LogP contribution < -0.4 is 10.9 Å². The van der Waals surface area contributed by atoms with Crippen LogP contribution in [0.15, 0.2) is 59.3 Å². The summed E-state index contributed by atoms with van der Waals surface area (Å²) >= 11 is 2.46. The largest absolute Gasteiger partial charge is 0.295 e. The van der Waals surface area contributed by atoms with E-state index in [1.54, 1.807) is 46.6 Å². The number of hydrogen-bond donors (Lipinski definition) is 2. The second kappa shape index (κ2) is 7.95. The van der Waals surface area contributed by atoms with Crippen molar-refractivity contribution in [1.29, 1.82) is 0 Å². The number of carbonyl (C=O) groups is 2. The Balaban J connectivity index is 1.55. The smallest absolute Gasteiger partial charge is 0.279 e. The monoisotopic (exact) mass is 376 g/mol. The van der Waals surface area contributed by atoms with Crippen molar-refractivity contribution in [2.45, 2.75) is 5.16 Å². The summed E-state index contributed by atoms with van der Waals surface area (Å²) in [5.74, 6) is -1.04. The standard InChI is InChI=1S/C16H13FN4O2S2/c17-11-3-1-4-12(9-11)21-7-6-18-16(21)25-10-14(22)19-20-15(23)13-5-2-8-24-13/h1-9H,10H2,(H,19,22)(H,20,23). The molecule has 0 spiro atoms. The second-order valence-corrected chi connectivity index (χ2v) is 6.72. The summed E-state index contributed by atoms with van der Waals surface area (Å²) in [4.78, 5) is 28.3. The Morgan fingerprint density at radius 1 is 1.24 bits per heavy atom. The van der Waals surface area contributed by atoms with Gasteiger partial charge in [-0.05, 0) is 29.6 Å². The first kappa shape index (κ1) is 17.2. The Labute approximate surface area is 151 Å². The number of thiophene rings is 1. The molecular formula is C16H13FN4O2S2. The van der Waals surface area contributed by atoms with Crippen molar-refractivity contribution < 1.29 is 14.0 Å². The number of nitrogens with one attached hydrogen (secondary N) is 2. The van der Waals surface area contributed by atoms with Gasteiger partial charge in [0.05, 0.1) is 16.3 Å². The van der Waals surface area contributed by atoms with Crippen LogP contribution in [-0.2, 0) is 4.79 Å². The SMILES string of the molecule is O=C(CSc1nccn1-c1cccc(F)c1)NNC(=O)c1cccs1. The molecule has 128 valence electrons. The fraction of sp³-hybridized carbons (Fsp3) is 0.0625.